The SMILES string of the molecule is Cc1cc(OCCCS(C)(=O)=O)ccc1-c1cccc(CNc2ccc(CCC(=O)O)cc2)c1. The Morgan fingerprint density at radius 2 is 1.76 bits per heavy atom. The lowest BCUT2D eigenvalue weighted by atomic mass is 9.98. The van der Waals surface area contributed by atoms with E-state index in [1.165, 1.54) is 6.26 Å². The minimum atomic E-state index is -2.97. The summed E-state index contributed by atoms with van der Waals surface area (Å²) in [4.78, 5) is 10.7. The van der Waals surface area contributed by atoms with Crippen molar-refractivity contribution in [1.82, 2.24) is 0 Å². The average molecular weight is 482 g/mol. The molecule has 3 rings (SSSR count). The van der Waals surface area contributed by atoms with E-state index < -0.39 is 15.8 Å². The summed E-state index contributed by atoms with van der Waals surface area (Å²) in [6.45, 7) is 3.08. The summed E-state index contributed by atoms with van der Waals surface area (Å²) < 4.78 is 28.2. The Kier molecular flexibility index (Phi) is 8.71. The number of rotatable bonds is 12. The molecule has 0 heterocycles. The van der Waals surface area contributed by atoms with Gasteiger partial charge in [-0.3, -0.25) is 4.79 Å². The maximum Gasteiger partial charge on any atom is 0.303 e. The molecule has 0 fully saturated rings. The molecule has 0 aromatic heterocycles. The fourth-order valence-electron chi connectivity index (χ4n) is 3.65. The fraction of sp³-hybridized carbons (Fsp3) is 0.296. The summed E-state index contributed by atoms with van der Waals surface area (Å²) in [5, 5.41) is 12.2. The normalized spacial score (nSPS) is 11.2. The molecule has 0 radical (unpaired) electrons. The Labute approximate surface area is 201 Å². The summed E-state index contributed by atoms with van der Waals surface area (Å²) in [5.74, 6) is 0.0724. The Morgan fingerprint density at radius 3 is 2.44 bits per heavy atom. The van der Waals surface area contributed by atoms with Gasteiger partial charge in [0.2, 0.25) is 0 Å². The van der Waals surface area contributed by atoms with Gasteiger partial charge in [0.05, 0.1) is 12.4 Å². The second-order valence-electron chi connectivity index (χ2n) is 8.45. The molecule has 0 aliphatic carbocycles. The van der Waals surface area contributed by atoms with Crippen LogP contribution >= 0.6 is 0 Å². The second kappa shape index (κ2) is 11.7. The van der Waals surface area contributed by atoms with Gasteiger partial charge in [0, 0.05) is 24.9 Å². The molecule has 34 heavy (non-hydrogen) atoms. The van der Waals surface area contributed by atoms with Crippen LogP contribution in [-0.4, -0.2) is 38.1 Å². The molecular weight excluding hydrogens is 450 g/mol. The Morgan fingerprint density at radius 1 is 1.00 bits per heavy atom. The van der Waals surface area contributed by atoms with Crippen LogP contribution in [0.3, 0.4) is 0 Å². The number of carboxylic acids is 1. The average Bonchev–Trinajstić information content (AvgIpc) is 2.79. The molecule has 0 saturated carbocycles. The molecule has 180 valence electrons. The van der Waals surface area contributed by atoms with Crippen LogP contribution in [0.1, 0.15) is 29.5 Å². The number of carbonyl (C=O) groups is 1. The van der Waals surface area contributed by atoms with Crippen molar-refractivity contribution in [2.75, 3.05) is 23.9 Å². The topological polar surface area (TPSA) is 92.7 Å². The molecule has 0 amide bonds. The first-order valence-corrected chi connectivity index (χ1v) is 13.3. The van der Waals surface area contributed by atoms with Crippen molar-refractivity contribution in [3.05, 3.63) is 83.4 Å². The van der Waals surface area contributed by atoms with E-state index in [0.717, 1.165) is 39.3 Å². The number of carboxylic acid groups (broad SMARTS) is 1. The number of benzene rings is 3. The molecule has 0 spiro atoms. The van der Waals surface area contributed by atoms with Crippen LogP contribution in [0.4, 0.5) is 5.69 Å². The zero-order chi connectivity index (χ0) is 24.6. The van der Waals surface area contributed by atoms with Gasteiger partial charge >= 0.3 is 5.97 Å². The monoisotopic (exact) mass is 481 g/mol. The van der Waals surface area contributed by atoms with Gasteiger partial charge < -0.3 is 15.2 Å². The molecule has 0 saturated heterocycles. The zero-order valence-electron chi connectivity index (χ0n) is 19.6. The first kappa shape index (κ1) is 25.3. The molecule has 0 atom stereocenters. The molecule has 6 nitrogen and oxygen atoms in total. The van der Waals surface area contributed by atoms with Crippen LogP contribution in [0.2, 0.25) is 0 Å². The van der Waals surface area contributed by atoms with Gasteiger partial charge in [-0.1, -0.05) is 36.4 Å². The lowest BCUT2D eigenvalue weighted by molar-refractivity contribution is -0.136. The number of hydrogen-bond acceptors (Lipinski definition) is 5. The number of anilines is 1. The minimum absolute atomic E-state index is 0.125. The smallest absolute Gasteiger partial charge is 0.303 e. The first-order chi connectivity index (χ1) is 16.2. The second-order valence-corrected chi connectivity index (χ2v) is 10.7. The van der Waals surface area contributed by atoms with Crippen LogP contribution < -0.4 is 10.1 Å². The minimum Gasteiger partial charge on any atom is -0.494 e. The molecule has 0 aliphatic heterocycles. The summed E-state index contributed by atoms with van der Waals surface area (Å²) in [7, 11) is -2.97. The maximum absolute atomic E-state index is 11.2. The van der Waals surface area contributed by atoms with Crippen molar-refractivity contribution in [2.45, 2.75) is 32.7 Å². The number of nitrogens with one attached hydrogen (secondary N) is 1. The van der Waals surface area contributed by atoms with Crippen molar-refractivity contribution < 1.29 is 23.1 Å². The van der Waals surface area contributed by atoms with Gasteiger partial charge in [0.15, 0.2) is 0 Å². The van der Waals surface area contributed by atoms with Gasteiger partial charge in [-0.05, 0) is 77.9 Å². The van der Waals surface area contributed by atoms with Crippen LogP contribution in [0.15, 0.2) is 66.7 Å². The van der Waals surface area contributed by atoms with Crippen LogP contribution in [0.5, 0.6) is 5.75 Å². The quantitative estimate of drug-likeness (QED) is 0.350. The highest BCUT2D eigenvalue weighted by atomic mass is 32.2. The third kappa shape index (κ3) is 8.23. The van der Waals surface area contributed by atoms with Crippen LogP contribution in [0, 0.1) is 6.92 Å². The maximum atomic E-state index is 11.2. The number of hydrogen-bond donors (Lipinski definition) is 2. The molecule has 7 heteroatoms. The molecular formula is C27H31NO5S. The number of aliphatic carboxylic acids is 1. The van der Waals surface area contributed by atoms with E-state index in [4.69, 9.17) is 9.84 Å². The van der Waals surface area contributed by atoms with E-state index in [-0.39, 0.29) is 12.2 Å². The molecule has 3 aromatic carbocycles. The van der Waals surface area contributed by atoms with Crippen molar-refractivity contribution in [3.8, 4) is 16.9 Å². The number of aryl methyl sites for hydroxylation is 2. The Bertz CT molecular complexity index is 1220. The Hall–Kier alpha value is -3.32. The molecule has 0 aliphatic rings. The van der Waals surface area contributed by atoms with E-state index >= 15 is 0 Å². The van der Waals surface area contributed by atoms with E-state index in [9.17, 15) is 13.2 Å². The highest BCUT2D eigenvalue weighted by Crippen LogP contribution is 2.28. The van der Waals surface area contributed by atoms with Gasteiger partial charge in [0.25, 0.3) is 0 Å². The van der Waals surface area contributed by atoms with Crippen LogP contribution in [-0.2, 0) is 27.6 Å². The fourth-order valence-corrected chi connectivity index (χ4v) is 4.30. The largest absolute Gasteiger partial charge is 0.494 e. The third-order valence-electron chi connectivity index (χ3n) is 5.44. The molecule has 0 unspecified atom stereocenters. The van der Waals surface area contributed by atoms with Gasteiger partial charge in [-0.25, -0.2) is 8.42 Å². The van der Waals surface area contributed by atoms with E-state index in [2.05, 4.69) is 23.5 Å². The van der Waals surface area contributed by atoms with Crippen molar-refractivity contribution in [1.29, 1.82) is 0 Å². The Balaban J connectivity index is 1.58. The lowest BCUT2D eigenvalue weighted by Gasteiger charge is -2.12. The molecule has 3 aromatic rings. The predicted octanol–water partition coefficient (Wildman–Crippen LogP) is 5.10. The summed E-state index contributed by atoms with van der Waals surface area (Å²) in [5.41, 5.74) is 6.46. The highest BCUT2D eigenvalue weighted by molar-refractivity contribution is 7.90. The van der Waals surface area contributed by atoms with Crippen LogP contribution in [0.25, 0.3) is 11.1 Å². The lowest BCUT2D eigenvalue weighted by Crippen LogP contribution is -2.08. The first-order valence-electron chi connectivity index (χ1n) is 11.2. The molecule has 0 bridgehead atoms. The van der Waals surface area contributed by atoms with Gasteiger partial charge in [0.1, 0.15) is 15.6 Å². The summed E-state index contributed by atoms with van der Waals surface area (Å²) in [6.07, 6.45) is 2.37. The number of ether oxygens (including phenoxy) is 1. The van der Waals surface area contributed by atoms with Gasteiger partial charge in [-0.15, -0.1) is 0 Å². The van der Waals surface area contributed by atoms with Gasteiger partial charge in [-0.2, -0.15) is 0 Å². The zero-order valence-corrected chi connectivity index (χ0v) is 20.4. The van der Waals surface area contributed by atoms with E-state index in [1.807, 2.05) is 55.5 Å². The highest BCUT2D eigenvalue weighted by Gasteiger charge is 2.07. The third-order valence-corrected chi connectivity index (χ3v) is 6.47. The van der Waals surface area contributed by atoms with Crippen molar-refractivity contribution >= 4 is 21.5 Å². The predicted molar refractivity (Wildman–Crippen MR) is 136 cm³/mol. The van der Waals surface area contributed by atoms with E-state index in [0.29, 0.717) is 26.0 Å². The van der Waals surface area contributed by atoms with Crippen molar-refractivity contribution in [2.24, 2.45) is 0 Å². The van der Waals surface area contributed by atoms with Crippen molar-refractivity contribution in [3.63, 3.8) is 0 Å². The number of sulfone groups is 1. The summed E-state index contributed by atoms with van der Waals surface area (Å²) in [6, 6.07) is 22.1. The summed E-state index contributed by atoms with van der Waals surface area (Å²) >= 11 is 0. The standard InChI is InChI=1S/C27H31NO5S/c1-20-17-25(33-15-4-16-34(2,31)32)12-13-26(20)23-6-3-5-22(18-23)19-28-24-10-7-21(8-11-24)9-14-27(29)30/h3,5-8,10-13,17-18,28H,4,9,14-16,19H2,1-2H3,(H,29,30). The van der Waals surface area contributed by atoms with E-state index in [1.54, 1.807) is 0 Å². The molecule has 2 N–H and O–H groups in total.